The van der Waals surface area contributed by atoms with Gasteiger partial charge in [0.15, 0.2) is 5.69 Å². The summed E-state index contributed by atoms with van der Waals surface area (Å²) in [6.45, 7) is 3.54. The Labute approximate surface area is 136 Å². The minimum absolute atomic E-state index is 0.299. The number of nitrogens with zero attached hydrogens (tertiary/aromatic N) is 2. The second kappa shape index (κ2) is 6.32. The molecular weight excluding hydrogens is 316 g/mol. The summed E-state index contributed by atoms with van der Waals surface area (Å²) in [6.07, 6.45) is 0. The van der Waals surface area contributed by atoms with E-state index in [2.05, 4.69) is 5.32 Å². The molecule has 0 heterocycles. The Hall–Kier alpha value is -3.49. The third-order valence-corrected chi connectivity index (χ3v) is 3.51. The minimum Gasteiger partial charge on any atom is -0.366 e. The first-order chi connectivity index (χ1) is 11.2. The molecule has 0 atom stereocenters. The van der Waals surface area contributed by atoms with E-state index in [4.69, 9.17) is 5.73 Å². The standard InChI is InChI=1S/C15H14N4O5/c1-8-4-3-5-9(2)13(8)17-14-11(18(21)22)6-10(15(16)20)7-12(14)19(23)24/h3-7,17H,1-2H3,(H2,16,20). The Kier molecular flexibility index (Phi) is 4.45. The summed E-state index contributed by atoms with van der Waals surface area (Å²) in [6, 6.07) is 7.18. The molecule has 1 amide bonds. The lowest BCUT2D eigenvalue weighted by Crippen LogP contribution is -2.13. The number of primary amides is 1. The smallest absolute Gasteiger partial charge is 0.300 e. The van der Waals surface area contributed by atoms with Gasteiger partial charge in [0.05, 0.1) is 15.4 Å². The molecule has 0 unspecified atom stereocenters. The van der Waals surface area contributed by atoms with Crippen LogP contribution < -0.4 is 11.1 Å². The number of carbonyl (C=O) groups excluding carboxylic acids is 1. The number of hydrogen-bond acceptors (Lipinski definition) is 6. The molecule has 3 N–H and O–H groups in total. The number of nitro groups is 2. The van der Waals surface area contributed by atoms with E-state index in [1.807, 2.05) is 0 Å². The van der Waals surface area contributed by atoms with E-state index in [1.54, 1.807) is 32.0 Å². The van der Waals surface area contributed by atoms with Gasteiger partial charge >= 0.3 is 11.4 Å². The van der Waals surface area contributed by atoms with Crippen LogP contribution in [-0.2, 0) is 0 Å². The number of nitrogens with two attached hydrogens (primary N) is 1. The molecule has 0 aliphatic carbocycles. The van der Waals surface area contributed by atoms with Crippen LogP contribution in [0.5, 0.6) is 0 Å². The zero-order chi connectivity index (χ0) is 18.0. The van der Waals surface area contributed by atoms with Crippen LogP contribution in [0.3, 0.4) is 0 Å². The fraction of sp³-hybridized carbons (Fsp3) is 0.133. The monoisotopic (exact) mass is 330 g/mol. The van der Waals surface area contributed by atoms with E-state index < -0.39 is 27.1 Å². The van der Waals surface area contributed by atoms with Crippen LogP contribution in [0.25, 0.3) is 0 Å². The Morgan fingerprint density at radius 3 is 1.83 bits per heavy atom. The molecule has 9 heteroatoms. The van der Waals surface area contributed by atoms with Crippen molar-refractivity contribution in [3.63, 3.8) is 0 Å². The fourth-order valence-electron chi connectivity index (χ4n) is 2.31. The number of anilines is 2. The summed E-state index contributed by atoms with van der Waals surface area (Å²) in [4.78, 5) is 32.3. The lowest BCUT2D eigenvalue weighted by atomic mass is 10.1. The average molecular weight is 330 g/mol. The fourth-order valence-corrected chi connectivity index (χ4v) is 2.31. The van der Waals surface area contributed by atoms with Crippen molar-refractivity contribution < 1.29 is 14.6 Å². The van der Waals surface area contributed by atoms with Crippen molar-refractivity contribution >= 4 is 28.7 Å². The van der Waals surface area contributed by atoms with Crippen molar-refractivity contribution in [2.75, 3.05) is 5.32 Å². The highest BCUT2D eigenvalue weighted by molar-refractivity contribution is 5.97. The molecule has 0 aliphatic rings. The van der Waals surface area contributed by atoms with Crippen molar-refractivity contribution in [3.8, 4) is 0 Å². The molecule has 0 fully saturated rings. The molecule has 0 aliphatic heterocycles. The van der Waals surface area contributed by atoms with Gasteiger partial charge in [0.1, 0.15) is 0 Å². The number of amides is 1. The van der Waals surface area contributed by atoms with Crippen LogP contribution in [0.4, 0.5) is 22.7 Å². The largest absolute Gasteiger partial charge is 0.366 e. The topological polar surface area (TPSA) is 141 Å². The molecule has 0 spiro atoms. The number of carbonyl (C=O) groups is 1. The second-order valence-corrected chi connectivity index (χ2v) is 5.16. The van der Waals surface area contributed by atoms with Gasteiger partial charge in [-0.25, -0.2) is 0 Å². The molecular formula is C15H14N4O5. The van der Waals surface area contributed by atoms with Gasteiger partial charge in [-0.15, -0.1) is 0 Å². The van der Waals surface area contributed by atoms with Crippen LogP contribution in [0.15, 0.2) is 30.3 Å². The summed E-state index contributed by atoms with van der Waals surface area (Å²) in [5.74, 6) is -0.986. The summed E-state index contributed by atoms with van der Waals surface area (Å²) in [5.41, 5.74) is 5.35. The second-order valence-electron chi connectivity index (χ2n) is 5.16. The number of nitrogens with one attached hydrogen (secondary N) is 1. The molecule has 24 heavy (non-hydrogen) atoms. The first-order valence-corrected chi connectivity index (χ1v) is 6.82. The summed E-state index contributed by atoms with van der Waals surface area (Å²) < 4.78 is 0. The van der Waals surface area contributed by atoms with Gasteiger partial charge in [-0.2, -0.15) is 0 Å². The van der Waals surface area contributed by atoms with Gasteiger partial charge in [0.25, 0.3) is 0 Å². The predicted molar refractivity (Wildman–Crippen MR) is 87.5 cm³/mol. The normalized spacial score (nSPS) is 10.2. The molecule has 2 aromatic rings. The van der Waals surface area contributed by atoms with Crippen molar-refractivity contribution in [2.24, 2.45) is 5.73 Å². The van der Waals surface area contributed by atoms with Gasteiger partial charge in [0.2, 0.25) is 5.91 Å². The third-order valence-electron chi connectivity index (χ3n) is 3.51. The average Bonchev–Trinajstić information content (AvgIpc) is 2.50. The van der Waals surface area contributed by atoms with Crippen LogP contribution >= 0.6 is 0 Å². The minimum atomic E-state index is -0.986. The van der Waals surface area contributed by atoms with Gasteiger partial charge in [-0.1, -0.05) is 18.2 Å². The van der Waals surface area contributed by atoms with Gasteiger partial charge in [-0.05, 0) is 25.0 Å². The predicted octanol–water partition coefficient (Wildman–Crippen LogP) is 2.96. The lowest BCUT2D eigenvalue weighted by molar-refractivity contribution is -0.392. The van der Waals surface area contributed by atoms with E-state index in [0.29, 0.717) is 5.69 Å². The summed E-state index contributed by atoms with van der Waals surface area (Å²) >= 11 is 0. The highest BCUT2D eigenvalue weighted by Crippen LogP contribution is 2.39. The Morgan fingerprint density at radius 2 is 1.46 bits per heavy atom. The zero-order valence-electron chi connectivity index (χ0n) is 12.9. The summed E-state index contributed by atoms with van der Waals surface area (Å²) in [5, 5.41) is 25.4. The maximum Gasteiger partial charge on any atom is 0.300 e. The molecule has 0 aromatic heterocycles. The molecule has 9 nitrogen and oxygen atoms in total. The van der Waals surface area contributed by atoms with E-state index in [9.17, 15) is 25.0 Å². The Balaban J connectivity index is 2.74. The molecule has 0 saturated carbocycles. The number of para-hydroxylation sites is 1. The molecule has 0 saturated heterocycles. The van der Waals surface area contributed by atoms with Crippen LogP contribution in [0.2, 0.25) is 0 Å². The molecule has 0 radical (unpaired) electrons. The Bertz CT molecular complexity index is 808. The van der Waals surface area contributed by atoms with E-state index >= 15 is 0 Å². The van der Waals surface area contributed by atoms with Gasteiger partial charge in [-0.3, -0.25) is 25.0 Å². The van der Waals surface area contributed by atoms with Gasteiger partial charge in [0, 0.05) is 17.8 Å². The maximum absolute atomic E-state index is 11.3. The number of nitro benzene ring substituents is 2. The van der Waals surface area contributed by atoms with Crippen LogP contribution in [0.1, 0.15) is 21.5 Å². The quantitative estimate of drug-likeness (QED) is 0.637. The third kappa shape index (κ3) is 3.14. The number of aryl methyl sites for hydroxylation is 2. The van der Waals surface area contributed by atoms with Crippen LogP contribution in [-0.4, -0.2) is 15.8 Å². The SMILES string of the molecule is Cc1cccc(C)c1Nc1c([N+](=O)[O-])cc(C(N)=O)cc1[N+](=O)[O-]. The first kappa shape index (κ1) is 16.9. The molecule has 0 bridgehead atoms. The number of rotatable bonds is 5. The Morgan fingerprint density at radius 1 is 1.00 bits per heavy atom. The van der Waals surface area contributed by atoms with Crippen molar-refractivity contribution in [1.82, 2.24) is 0 Å². The van der Waals surface area contributed by atoms with E-state index in [-0.39, 0.29) is 11.3 Å². The van der Waals surface area contributed by atoms with E-state index in [0.717, 1.165) is 23.3 Å². The maximum atomic E-state index is 11.3. The van der Waals surface area contributed by atoms with Crippen molar-refractivity contribution in [1.29, 1.82) is 0 Å². The zero-order valence-corrected chi connectivity index (χ0v) is 12.9. The number of hydrogen-bond donors (Lipinski definition) is 2. The van der Waals surface area contributed by atoms with Crippen LogP contribution in [0, 0.1) is 34.1 Å². The highest BCUT2D eigenvalue weighted by Gasteiger charge is 2.28. The van der Waals surface area contributed by atoms with Gasteiger partial charge < -0.3 is 11.1 Å². The molecule has 2 aromatic carbocycles. The van der Waals surface area contributed by atoms with Crippen molar-refractivity contribution in [2.45, 2.75) is 13.8 Å². The number of benzene rings is 2. The summed E-state index contributed by atoms with van der Waals surface area (Å²) in [7, 11) is 0. The first-order valence-electron chi connectivity index (χ1n) is 6.82. The molecule has 2 rings (SSSR count). The lowest BCUT2D eigenvalue weighted by Gasteiger charge is -2.13. The van der Waals surface area contributed by atoms with E-state index in [1.165, 1.54) is 0 Å². The highest BCUT2D eigenvalue weighted by atomic mass is 16.6. The van der Waals surface area contributed by atoms with Crippen molar-refractivity contribution in [3.05, 3.63) is 67.3 Å². The molecule has 124 valence electrons.